The van der Waals surface area contributed by atoms with E-state index in [4.69, 9.17) is 4.74 Å². The Morgan fingerprint density at radius 1 is 1.00 bits per heavy atom. The van der Waals surface area contributed by atoms with E-state index in [2.05, 4.69) is 45.0 Å². The quantitative estimate of drug-likeness (QED) is 0.713. The van der Waals surface area contributed by atoms with E-state index in [-0.39, 0.29) is 0 Å². The van der Waals surface area contributed by atoms with Gasteiger partial charge in [0.25, 0.3) is 0 Å². The van der Waals surface area contributed by atoms with Gasteiger partial charge in [-0.05, 0) is 23.0 Å². The summed E-state index contributed by atoms with van der Waals surface area (Å²) in [6.07, 6.45) is 1.13. The van der Waals surface area contributed by atoms with Crippen LogP contribution in [0.15, 0.2) is 24.3 Å². The van der Waals surface area contributed by atoms with Crippen LogP contribution in [0, 0.1) is 5.41 Å². The van der Waals surface area contributed by atoms with Crippen LogP contribution in [0.25, 0.3) is 0 Å². The predicted octanol–water partition coefficient (Wildman–Crippen LogP) is 3.42. The molecular formula is C13H20O. The van der Waals surface area contributed by atoms with E-state index in [1.807, 2.05) is 0 Å². The van der Waals surface area contributed by atoms with E-state index in [1.54, 1.807) is 7.11 Å². The molecule has 0 bridgehead atoms. The standard InChI is InChI=1S/C13H20O/c1-13(2,3)9-11-5-7-12(8-6-11)10-14-4/h5-8H,9-10H2,1-4H3. The first kappa shape index (κ1) is 11.3. The van der Waals surface area contributed by atoms with Gasteiger partial charge in [0.15, 0.2) is 0 Å². The van der Waals surface area contributed by atoms with Crippen molar-refractivity contribution in [2.24, 2.45) is 5.41 Å². The third kappa shape index (κ3) is 3.93. The highest BCUT2D eigenvalue weighted by molar-refractivity contribution is 5.22. The van der Waals surface area contributed by atoms with Crippen molar-refractivity contribution in [1.82, 2.24) is 0 Å². The third-order valence-electron chi connectivity index (χ3n) is 2.07. The van der Waals surface area contributed by atoms with Crippen LogP contribution in [-0.4, -0.2) is 7.11 Å². The van der Waals surface area contributed by atoms with Gasteiger partial charge in [-0.25, -0.2) is 0 Å². The Morgan fingerprint density at radius 2 is 1.50 bits per heavy atom. The molecule has 0 unspecified atom stereocenters. The lowest BCUT2D eigenvalue weighted by Gasteiger charge is -2.18. The van der Waals surface area contributed by atoms with E-state index in [0.29, 0.717) is 12.0 Å². The Hall–Kier alpha value is -0.820. The highest BCUT2D eigenvalue weighted by Crippen LogP contribution is 2.20. The van der Waals surface area contributed by atoms with Gasteiger partial charge in [0, 0.05) is 7.11 Å². The van der Waals surface area contributed by atoms with Gasteiger partial charge in [0.1, 0.15) is 0 Å². The van der Waals surface area contributed by atoms with Gasteiger partial charge in [0.05, 0.1) is 6.61 Å². The lowest BCUT2D eigenvalue weighted by Crippen LogP contribution is -2.08. The largest absolute Gasteiger partial charge is 0.380 e. The molecule has 1 heteroatoms. The summed E-state index contributed by atoms with van der Waals surface area (Å²) in [5.41, 5.74) is 3.01. The van der Waals surface area contributed by atoms with Crippen molar-refractivity contribution in [2.45, 2.75) is 33.8 Å². The molecular weight excluding hydrogens is 172 g/mol. The molecule has 14 heavy (non-hydrogen) atoms. The van der Waals surface area contributed by atoms with E-state index in [0.717, 1.165) is 6.42 Å². The zero-order valence-electron chi connectivity index (χ0n) is 9.63. The average molecular weight is 192 g/mol. The van der Waals surface area contributed by atoms with Gasteiger partial charge in [0.2, 0.25) is 0 Å². The second-order valence-corrected chi connectivity index (χ2v) is 4.99. The van der Waals surface area contributed by atoms with Crippen molar-refractivity contribution >= 4 is 0 Å². The smallest absolute Gasteiger partial charge is 0.0713 e. The summed E-state index contributed by atoms with van der Waals surface area (Å²) in [6.45, 7) is 7.48. The first-order valence-electron chi connectivity index (χ1n) is 5.08. The molecule has 0 N–H and O–H groups in total. The molecule has 0 aliphatic rings. The van der Waals surface area contributed by atoms with Gasteiger partial charge < -0.3 is 4.74 Å². The Bertz CT molecular complexity index is 266. The summed E-state index contributed by atoms with van der Waals surface area (Å²) in [5.74, 6) is 0. The average Bonchev–Trinajstić information content (AvgIpc) is 2.06. The number of rotatable bonds is 3. The zero-order valence-corrected chi connectivity index (χ0v) is 9.63. The molecule has 0 radical (unpaired) electrons. The van der Waals surface area contributed by atoms with E-state index >= 15 is 0 Å². The molecule has 0 heterocycles. The molecule has 0 saturated carbocycles. The number of benzene rings is 1. The fourth-order valence-electron chi connectivity index (χ4n) is 1.53. The summed E-state index contributed by atoms with van der Waals surface area (Å²) < 4.78 is 5.07. The van der Waals surface area contributed by atoms with Gasteiger partial charge in [-0.1, -0.05) is 45.0 Å². The summed E-state index contributed by atoms with van der Waals surface area (Å²) in [4.78, 5) is 0. The molecule has 1 nitrogen and oxygen atoms in total. The van der Waals surface area contributed by atoms with Gasteiger partial charge in [-0.15, -0.1) is 0 Å². The van der Waals surface area contributed by atoms with E-state index in [1.165, 1.54) is 11.1 Å². The normalized spacial score (nSPS) is 11.7. The highest BCUT2D eigenvalue weighted by Gasteiger charge is 2.10. The monoisotopic (exact) mass is 192 g/mol. The number of hydrogen-bond donors (Lipinski definition) is 0. The summed E-state index contributed by atoms with van der Waals surface area (Å²) in [5, 5.41) is 0. The van der Waals surface area contributed by atoms with Crippen molar-refractivity contribution < 1.29 is 4.74 Å². The Labute approximate surface area is 87.1 Å². The zero-order chi connectivity index (χ0) is 10.6. The SMILES string of the molecule is COCc1ccc(CC(C)(C)C)cc1. The highest BCUT2D eigenvalue weighted by atomic mass is 16.5. The Balaban J connectivity index is 2.64. The van der Waals surface area contributed by atoms with Crippen LogP contribution < -0.4 is 0 Å². The van der Waals surface area contributed by atoms with E-state index < -0.39 is 0 Å². The molecule has 0 aliphatic carbocycles. The van der Waals surface area contributed by atoms with E-state index in [9.17, 15) is 0 Å². The minimum Gasteiger partial charge on any atom is -0.380 e. The first-order chi connectivity index (χ1) is 6.51. The second kappa shape index (κ2) is 4.61. The lowest BCUT2D eigenvalue weighted by molar-refractivity contribution is 0.185. The van der Waals surface area contributed by atoms with Gasteiger partial charge in [-0.2, -0.15) is 0 Å². The van der Waals surface area contributed by atoms with Crippen LogP contribution in [0.4, 0.5) is 0 Å². The molecule has 0 saturated heterocycles. The molecule has 1 rings (SSSR count). The molecule has 78 valence electrons. The molecule has 1 aromatic carbocycles. The molecule has 0 amide bonds. The molecule has 1 aromatic rings. The number of hydrogen-bond acceptors (Lipinski definition) is 1. The Morgan fingerprint density at radius 3 is 1.93 bits per heavy atom. The third-order valence-corrected chi connectivity index (χ3v) is 2.07. The molecule has 0 fully saturated rings. The predicted molar refractivity (Wildman–Crippen MR) is 60.3 cm³/mol. The number of methoxy groups -OCH3 is 1. The minimum absolute atomic E-state index is 0.364. The lowest BCUT2D eigenvalue weighted by atomic mass is 9.88. The van der Waals surface area contributed by atoms with Crippen molar-refractivity contribution in [1.29, 1.82) is 0 Å². The molecule has 0 spiro atoms. The van der Waals surface area contributed by atoms with Crippen LogP contribution in [0.2, 0.25) is 0 Å². The molecule has 0 aromatic heterocycles. The fourth-order valence-corrected chi connectivity index (χ4v) is 1.53. The summed E-state index contributed by atoms with van der Waals surface area (Å²) >= 11 is 0. The topological polar surface area (TPSA) is 9.23 Å². The Kier molecular flexibility index (Phi) is 3.70. The van der Waals surface area contributed by atoms with Crippen LogP contribution in [0.5, 0.6) is 0 Å². The maximum absolute atomic E-state index is 5.07. The summed E-state index contributed by atoms with van der Waals surface area (Å²) in [6, 6.07) is 8.67. The molecule has 0 atom stereocenters. The maximum atomic E-state index is 5.07. The summed E-state index contributed by atoms with van der Waals surface area (Å²) in [7, 11) is 1.73. The second-order valence-electron chi connectivity index (χ2n) is 4.99. The van der Waals surface area contributed by atoms with Crippen LogP contribution in [0.3, 0.4) is 0 Å². The van der Waals surface area contributed by atoms with Crippen molar-refractivity contribution in [2.75, 3.05) is 7.11 Å². The maximum Gasteiger partial charge on any atom is 0.0713 e. The van der Waals surface area contributed by atoms with Crippen molar-refractivity contribution in [3.63, 3.8) is 0 Å². The number of ether oxygens (including phenoxy) is 1. The van der Waals surface area contributed by atoms with Crippen molar-refractivity contribution in [3.8, 4) is 0 Å². The fraction of sp³-hybridized carbons (Fsp3) is 0.538. The van der Waals surface area contributed by atoms with Crippen LogP contribution in [0.1, 0.15) is 31.9 Å². The van der Waals surface area contributed by atoms with Crippen LogP contribution in [-0.2, 0) is 17.8 Å². The van der Waals surface area contributed by atoms with Gasteiger partial charge >= 0.3 is 0 Å². The first-order valence-corrected chi connectivity index (χ1v) is 5.08. The van der Waals surface area contributed by atoms with Crippen LogP contribution >= 0.6 is 0 Å². The van der Waals surface area contributed by atoms with Crippen molar-refractivity contribution in [3.05, 3.63) is 35.4 Å². The van der Waals surface area contributed by atoms with Gasteiger partial charge in [-0.3, -0.25) is 0 Å². The molecule has 0 aliphatic heterocycles. The minimum atomic E-state index is 0.364.